The maximum atomic E-state index is 5.66. The van der Waals surface area contributed by atoms with Crippen molar-refractivity contribution in [3.05, 3.63) is 36.7 Å². The van der Waals surface area contributed by atoms with E-state index in [0.29, 0.717) is 5.13 Å². The van der Waals surface area contributed by atoms with Crippen LogP contribution in [-0.4, -0.2) is 17.0 Å². The topological polar surface area (TPSA) is 63.8 Å². The van der Waals surface area contributed by atoms with Crippen LogP contribution in [0.1, 0.15) is 0 Å². The summed E-state index contributed by atoms with van der Waals surface area (Å²) in [4.78, 5) is 9.45. The predicted octanol–water partition coefficient (Wildman–Crippen LogP) is 2.98. The summed E-state index contributed by atoms with van der Waals surface area (Å²) in [5.74, 6) is 0.864. The number of nitrogens with zero attached hydrogens (tertiary/aromatic N) is 2. The average molecular weight is 256 g/mol. The van der Waals surface area contributed by atoms with Gasteiger partial charge >= 0.3 is 0 Å². The number of hydrogen-bond acceptors (Lipinski definition) is 5. The van der Waals surface area contributed by atoms with E-state index in [-0.39, 0.29) is 0 Å². The molecule has 3 rings (SSSR count). The van der Waals surface area contributed by atoms with E-state index in [2.05, 4.69) is 33.5 Å². The standard InChI is InChI=1S/C13H12N4S/c1-15-12-5-10-4-8(2-3-9(10)6-16-12)11-7-17-13(14)18-11/h2-7H,1H3,(H2,14,17)(H,15,16). The number of nitrogen functional groups attached to an aromatic ring is 1. The Morgan fingerprint density at radius 3 is 2.72 bits per heavy atom. The Morgan fingerprint density at radius 2 is 2.00 bits per heavy atom. The van der Waals surface area contributed by atoms with Gasteiger partial charge in [0.25, 0.3) is 0 Å². The number of nitrogens with one attached hydrogen (secondary N) is 1. The molecule has 0 spiro atoms. The highest BCUT2D eigenvalue weighted by molar-refractivity contribution is 7.18. The van der Waals surface area contributed by atoms with Gasteiger partial charge < -0.3 is 11.1 Å². The maximum absolute atomic E-state index is 5.66. The number of benzene rings is 1. The molecule has 0 aliphatic carbocycles. The molecule has 0 fully saturated rings. The van der Waals surface area contributed by atoms with Crippen molar-refractivity contribution >= 4 is 33.1 Å². The molecule has 3 aromatic rings. The van der Waals surface area contributed by atoms with Gasteiger partial charge in [-0.15, -0.1) is 0 Å². The molecule has 0 bridgehead atoms. The largest absolute Gasteiger partial charge is 0.375 e. The summed E-state index contributed by atoms with van der Waals surface area (Å²) in [5, 5.41) is 5.91. The number of fused-ring (bicyclic) bond motifs is 1. The molecule has 18 heavy (non-hydrogen) atoms. The van der Waals surface area contributed by atoms with Crippen LogP contribution in [0.3, 0.4) is 0 Å². The molecule has 0 radical (unpaired) electrons. The minimum Gasteiger partial charge on any atom is -0.375 e. The Hall–Kier alpha value is -2.14. The van der Waals surface area contributed by atoms with E-state index >= 15 is 0 Å². The SMILES string of the molecule is CNc1cc2cc(-c3cnc(N)s3)ccc2cn1. The van der Waals surface area contributed by atoms with E-state index in [0.717, 1.165) is 27.0 Å². The van der Waals surface area contributed by atoms with Crippen LogP contribution in [0.5, 0.6) is 0 Å². The number of hydrogen-bond donors (Lipinski definition) is 2. The van der Waals surface area contributed by atoms with Crippen molar-refractivity contribution in [3.8, 4) is 10.4 Å². The fraction of sp³-hybridized carbons (Fsp3) is 0.0769. The van der Waals surface area contributed by atoms with Crippen LogP contribution in [0, 0.1) is 0 Å². The van der Waals surface area contributed by atoms with Crippen molar-refractivity contribution in [2.24, 2.45) is 0 Å². The van der Waals surface area contributed by atoms with E-state index in [1.165, 1.54) is 11.3 Å². The van der Waals surface area contributed by atoms with Gasteiger partial charge in [-0.05, 0) is 23.1 Å². The fourth-order valence-electron chi connectivity index (χ4n) is 1.85. The number of rotatable bonds is 2. The Balaban J connectivity index is 2.14. The molecule has 0 atom stereocenters. The molecular formula is C13H12N4S. The van der Waals surface area contributed by atoms with E-state index in [1.807, 2.05) is 19.3 Å². The number of pyridine rings is 1. The van der Waals surface area contributed by atoms with Crippen LogP contribution in [0.2, 0.25) is 0 Å². The van der Waals surface area contributed by atoms with E-state index in [9.17, 15) is 0 Å². The summed E-state index contributed by atoms with van der Waals surface area (Å²) < 4.78 is 0. The quantitative estimate of drug-likeness (QED) is 0.740. The van der Waals surface area contributed by atoms with Crippen molar-refractivity contribution in [2.45, 2.75) is 0 Å². The van der Waals surface area contributed by atoms with Crippen LogP contribution in [0.25, 0.3) is 21.2 Å². The smallest absolute Gasteiger partial charge is 0.180 e. The third-order valence-corrected chi connectivity index (χ3v) is 3.66. The minimum atomic E-state index is 0.593. The zero-order valence-corrected chi connectivity index (χ0v) is 10.7. The summed E-state index contributed by atoms with van der Waals surface area (Å²) in [7, 11) is 1.86. The lowest BCUT2D eigenvalue weighted by atomic mass is 10.1. The monoisotopic (exact) mass is 256 g/mol. The van der Waals surface area contributed by atoms with Gasteiger partial charge in [0, 0.05) is 24.8 Å². The van der Waals surface area contributed by atoms with E-state index in [4.69, 9.17) is 5.73 Å². The molecule has 2 aromatic heterocycles. The summed E-state index contributed by atoms with van der Waals surface area (Å²) in [6.07, 6.45) is 3.67. The van der Waals surface area contributed by atoms with Crippen LogP contribution >= 0.6 is 11.3 Å². The third kappa shape index (κ3) is 1.89. The fourth-order valence-corrected chi connectivity index (χ4v) is 2.53. The van der Waals surface area contributed by atoms with Gasteiger partial charge in [-0.1, -0.05) is 23.5 Å². The molecule has 4 nitrogen and oxygen atoms in total. The number of nitrogens with two attached hydrogens (primary N) is 1. The van der Waals surface area contributed by atoms with Gasteiger partial charge in [-0.25, -0.2) is 9.97 Å². The predicted molar refractivity (Wildman–Crippen MR) is 76.8 cm³/mol. The van der Waals surface area contributed by atoms with Crippen LogP contribution in [0.15, 0.2) is 36.7 Å². The van der Waals surface area contributed by atoms with Crippen LogP contribution in [-0.2, 0) is 0 Å². The maximum Gasteiger partial charge on any atom is 0.180 e. The summed E-state index contributed by atoms with van der Waals surface area (Å²) in [6.45, 7) is 0. The minimum absolute atomic E-state index is 0.593. The Morgan fingerprint density at radius 1 is 1.11 bits per heavy atom. The van der Waals surface area contributed by atoms with Crippen molar-refractivity contribution in [1.82, 2.24) is 9.97 Å². The highest BCUT2D eigenvalue weighted by Gasteiger charge is 2.04. The van der Waals surface area contributed by atoms with Crippen molar-refractivity contribution in [3.63, 3.8) is 0 Å². The Labute approximate surface area is 109 Å². The molecule has 3 N–H and O–H groups in total. The third-order valence-electron chi connectivity index (χ3n) is 2.79. The van der Waals surface area contributed by atoms with Crippen LogP contribution < -0.4 is 11.1 Å². The van der Waals surface area contributed by atoms with Crippen molar-refractivity contribution < 1.29 is 0 Å². The Kier molecular flexibility index (Phi) is 2.60. The first-order valence-corrected chi connectivity index (χ1v) is 6.37. The number of thiazole rings is 1. The molecule has 0 aliphatic heterocycles. The zero-order chi connectivity index (χ0) is 12.5. The van der Waals surface area contributed by atoms with Gasteiger partial charge in [0.1, 0.15) is 5.82 Å². The summed E-state index contributed by atoms with van der Waals surface area (Å²) in [5.41, 5.74) is 6.79. The van der Waals surface area contributed by atoms with Gasteiger partial charge in [0.15, 0.2) is 5.13 Å². The lowest BCUT2D eigenvalue weighted by molar-refractivity contribution is 1.31. The van der Waals surface area contributed by atoms with Crippen molar-refractivity contribution in [2.75, 3.05) is 18.1 Å². The normalized spacial score (nSPS) is 10.7. The van der Waals surface area contributed by atoms with Gasteiger partial charge in [-0.3, -0.25) is 0 Å². The molecule has 90 valence electrons. The Bertz CT molecular complexity index is 705. The van der Waals surface area contributed by atoms with Gasteiger partial charge in [-0.2, -0.15) is 0 Å². The first-order chi connectivity index (χ1) is 8.76. The van der Waals surface area contributed by atoms with E-state index in [1.54, 1.807) is 6.20 Å². The second-order valence-electron chi connectivity index (χ2n) is 3.94. The average Bonchev–Trinajstić information content (AvgIpc) is 2.84. The second kappa shape index (κ2) is 4.27. The molecule has 5 heteroatoms. The van der Waals surface area contributed by atoms with E-state index < -0.39 is 0 Å². The highest BCUT2D eigenvalue weighted by atomic mass is 32.1. The lowest BCUT2D eigenvalue weighted by Gasteiger charge is -2.03. The number of aromatic nitrogens is 2. The summed E-state index contributed by atoms with van der Waals surface area (Å²) >= 11 is 1.49. The highest BCUT2D eigenvalue weighted by Crippen LogP contribution is 2.30. The zero-order valence-electron chi connectivity index (χ0n) is 9.84. The second-order valence-corrected chi connectivity index (χ2v) is 5.01. The number of anilines is 2. The first-order valence-electron chi connectivity index (χ1n) is 5.55. The lowest BCUT2D eigenvalue weighted by Crippen LogP contribution is -1.91. The molecule has 2 heterocycles. The summed E-state index contributed by atoms with van der Waals surface area (Å²) in [6, 6.07) is 8.29. The van der Waals surface area contributed by atoms with Crippen molar-refractivity contribution in [1.29, 1.82) is 0 Å². The molecule has 0 saturated heterocycles. The first kappa shape index (κ1) is 11.0. The molecule has 0 saturated carbocycles. The van der Waals surface area contributed by atoms with Gasteiger partial charge in [0.2, 0.25) is 0 Å². The molecule has 0 amide bonds. The van der Waals surface area contributed by atoms with Gasteiger partial charge in [0.05, 0.1) is 4.88 Å². The van der Waals surface area contributed by atoms with Crippen LogP contribution in [0.4, 0.5) is 10.9 Å². The molecule has 0 aliphatic rings. The molecule has 0 unspecified atom stereocenters. The molecule has 1 aromatic carbocycles. The molecular weight excluding hydrogens is 244 g/mol.